The molecule has 0 heterocycles. The normalized spacial score (nSPS) is 12.2. The molecule has 0 saturated carbocycles. The summed E-state index contributed by atoms with van der Waals surface area (Å²) in [5, 5.41) is 0. The van der Waals surface area contributed by atoms with Gasteiger partial charge in [-0.1, -0.05) is 39.3 Å². The Labute approximate surface area is 83.8 Å². The second-order valence-corrected chi connectivity index (χ2v) is 25.5. The van der Waals surface area contributed by atoms with Crippen LogP contribution in [0.2, 0.25) is 39.3 Å². The molecule has 12 heavy (non-hydrogen) atoms. The Morgan fingerprint density at radius 3 is 1.08 bits per heavy atom. The SMILES string of the molecule is C[Si](C)(C)[Si]C#C[Si][Si](C)(C)C. The Morgan fingerprint density at radius 1 is 0.667 bits per heavy atom. The van der Waals surface area contributed by atoms with Gasteiger partial charge in [0.15, 0.2) is 0 Å². The smallest absolute Gasteiger partial charge is 0.134 e. The molecule has 0 unspecified atom stereocenters. The molecule has 0 spiro atoms. The fourth-order valence-corrected chi connectivity index (χ4v) is 5.06. The molecule has 0 aliphatic heterocycles. The summed E-state index contributed by atoms with van der Waals surface area (Å²) >= 11 is 0. The van der Waals surface area contributed by atoms with Gasteiger partial charge in [-0.25, -0.2) is 0 Å². The van der Waals surface area contributed by atoms with Crippen LogP contribution in [0.25, 0.3) is 0 Å². The first kappa shape index (κ1) is 12.4. The molecular formula is C8H18Si4. The highest BCUT2D eigenvalue weighted by Crippen LogP contribution is 1.97. The molecule has 0 rings (SSSR count). The fourth-order valence-electron chi connectivity index (χ4n) is 0.438. The number of rotatable bonds is 2. The Bertz CT molecular complexity index is 166. The molecule has 0 aliphatic rings. The minimum absolute atomic E-state index is 0.880. The molecule has 4 heteroatoms. The van der Waals surface area contributed by atoms with Gasteiger partial charge < -0.3 is 0 Å². The van der Waals surface area contributed by atoms with Crippen LogP contribution >= 0.6 is 0 Å². The van der Waals surface area contributed by atoms with E-state index in [9.17, 15) is 0 Å². The minimum atomic E-state index is -0.880. The Balaban J connectivity index is 3.77. The van der Waals surface area contributed by atoms with Crippen LogP contribution in [0.4, 0.5) is 0 Å². The zero-order valence-electron chi connectivity index (χ0n) is 9.00. The quantitative estimate of drug-likeness (QED) is 0.499. The lowest BCUT2D eigenvalue weighted by molar-refractivity contribution is 1.86. The van der Waals surface area contributed by atoms with E-state index in [1.54, 1.807) is 0 Å². The Kier molecular flexibility index (Phi) is 4.77. The summed E-state index contributed by atoms with van der Waals surface area (Å²) in [4.78, 5) is 0. The lowest BCUT2D eigenvalue weighted by Gasteiger charge is -2.10. The van der Waals surface area contributed by atoms with E-state index >= 15 is 0 Å². The van der Waals surface area contributed by atoms with Gasteiger partial charge in [-0.05, 0) is 0 Å². The Morgan fingerprint density at radius 2 is 0.917 bits per heavy atom. The van der Waals surface area contributed by atoms with Crippen LogP contribution in [0, 0.1) is 11.1 Å². The van der Waals surface area contributed by atoms with Crippen molar-refractivity contribution in [3.05, 3.63) is 0 Å². The maximum absolute atomic E-state index is 3.37. The minimum Gasteiger partial charge on any atom is -0.147 e. The average Bonchev–Trinajstić information content (AvgIpc) is 1.76. The monoisotopic (exact) mass is 226 g/mol. The van der Waals surface area contributed by atoms with Crippen LogP contribution < -0.4 is 0 Å². The van der Waals surface area contributed by atoms with Crippen molar-refractivity contribution in [3.8, 4) is 11.1 Å². The van der Waals surface area contributed by atoms with Crippen LogP contribution in [0.5, 0.6) is 0 Å². The zero-order valence-corrected chi connectivity index (χ0v) is 13.0. The summed E-state index contributed by atoms with van der Waals surface area (Å²) in [6.45, 7) is 14.3. The lowest BCUT2D eigenvalue weighted by Crippen LogP contribution is -2.31. The van der Waals surface area contributed by atoms with E-state index in [-0.39, 0.29) is 0 Å². The first-order valence-corrected chi connectivity index (χ1v) is 15.2. The molecule has 66 valence electrons. The van der Waals surface area contributed by atoms with Crippen LogP contribution in [-0.4, -0.2) is 33.3 Å². The van der Waals surface area contributed by atoms with Gasteiger partial charge in [0.1, 0.15) is 18.1 Å². The second kappa shape index (κ2) is 4.60. The summed E-state index contributed by atoms with van der Waals surface area (Å²) in [5.41, 5.74) is 6.74. The molecule has 0 nitrogen and oxygen atoms in total. The van der Waals surface area contributed by atoms with E-state index < -0.39 is 15.2 Å². The van der Waals surface area contributed by atoms with Crippen molar-refractivity contribution in [3.63, 3.8) is 0 Å². The molecular weight excluding hydrogens is 208 g/mol. The van der Waals surface area contributed by atoms with Crippen molar-refractivity contribution in [2.75, 3.05) is 0 Å². The van der Waals surface area contributed by atoms with Crippen molar-refractivity contribution >= 4 is 33.3 Å². The second-order valence-electron chi connectivity index (χ2n) is 5.00. The summed E-state index contributed by atoms with van der Waals surface area (Å²) in [5.74, 6) is 0. The van der Waals surface area contributed by atoms with Gasteiger partial charge in [-0.15, -0.1) is 11.1 Å². The van der Waals surface area contributed by atoms with Gasteiger partial charge in [0.05, 0.1) is 0 Å². The van der Waals surface area contributed by atoms with E-state index in [0.717, 1.165) is 18.1 Å². The largest absolute Gasteiger partial charge is 0.147 e. The zero-order chi connectivity index (χ0) is 9.83. The average molecular weight is 227 g/mol. The lowest BCUT2D eigenvalue weighted by atomic mass is 11.4. The molecule has 0 aliphatic carbocycles. The number of hydrogen-bond acceptors (Lipinski definition) is 0. The summed E-state index contributed by atoms with van der Waals surface area (Å²) in [7, 11) is 0.110. The van der Waals surface area contributed by atoms with Crippen LogP contribution in [0.1, 0.15) is 0 Å². The highest BCUT2D eigenvalue weighted by molar-refractivity contribution is 7.28. The van der Waals surface area contributed by atoms with Crippen molar-refractivity contribution in [1.29, 1.82) is 0 Å². The summed E-state index contributed by atoms with van der Waals surface area (Å²) < 4.78 is 0. The fraction of sp³-hybridized carbons (Fsp3) is 0.750. The molecule has 0 saturated heterocycles. The predicted molar refractivity (Wildman–Crippen MR) is 66.0 cm³/mol. The van der Waals surface area contributed by atoms with Gasteiger partial charge in [0.25, 0.3) is 0 Å². The number of hydrogen-bond donors (Lipinski definition) is 0. The van der Waals surface area contributed by atoms with Crippen molar-refractivity contribution in [1.82, 2.24) is 0 Å². The molecule has 0 fully saturated rings. The third kappa shape index (κ3) is 10.4. The molecule has 0 atom stereocenters. The van der Waals surface area contributed by atoms with Gasteiger partial charge >= 0.3 is 0 Å². The first-order valence-electron chi connectivity index (χ1n) is 4.25. The van der Waals surface area contributed by atoms with E-state index in [4.69, 9.17) is 0 Å². The molecule has 4 radical (unpaired) electrons. The van der Waals surface area contributed by atoms with Crippen LogP contribution in [-0.2, 0) is 0 Å². The maximum atomic E-state index is 3.37. The molecule has 0 aromatic heterocycles. The predicted octanol–water partition coefficient (Wildman–Crippen LogP) is 1.98. The van der Waals surface area contributed by atoms with E-state index in [0.29, 0.717) is 0 Å². The maximum Gasteiger partial charge on any atom is 0.134 e. The first-order chi connectivity index (χ1) is 5.21. The third-order valence-corrected chi connectivity index (χ3v) is 8.44. The van der Waals surface area contributed by atoms with Crippen molar-refractivity contribution < 1.29 is 0 Å². The molecule has 0 N–H and O–H groups in total. The van der Waals surface area contributed by atoms with Gasteiger partial charge in [-0.2, -0.15) is 0 Å². The standard InChI is InChI=1S/C8H18Si4/c1-11(2,3)9-7-8-10-12(4,5)6/h1-6H3. The molecule has 0 aromatic rings. The van der Waals surface area contributed by atoms with Gasteiger partial charge in [-0.3, -0.25) is 0 Å². The highest BCUT2D eigenvalue weighted by Gasteiger charge is 2.13. The molecule has 0 aromatic carbocycles. The topological polar surface area (TPSA) is 0 Å². The molecule has 0 amide bonds. The summed E-state index contributed by atoms with van der Waals surface area (Å²) in [6.07, 6.45) is 0. The van der Waals surface area contributed by atoms with Crippen LogP contribution in [0.3, 0.4) is 0 Å². The van der Waals surface area contributed by atoms with E-state index in [1.807, 2.05) is 0 Å². The molecule has 0 bridgehead atoms. The summed E-state index contributed by atoms with van der Waals surface area (Å²) in [6, 6.07) is 0. The van der Waals surface area contributed by atoms with E-state index in [1.165, 1.54) is 0 Å². The van der Waals surface area contributed by atoms with E-state index in [2.05, 4.69) is 50.4 Å². The van der Waals surface area contributed by atoms with Crippen molar-refractivity contribution in [2.45, 2.75) is 39.3 Å². The van der Waals surface area contributed by atoms with Gasteiger partial charge in [0.2, 0.25) is 0 Å². The Hall–Kier alpha value is 0.428. The van der Waals surface area contributed by atoms with Crippen LogP contribution in [0.15, 0.2) is 0 Å². The highest BCUT2D eigenvalue weighted by atomic mass is 29.2. The van der Waals surface area contributed by atoms with Crippen molar-refractivity contribution in [2.24, 2.45) is 0 Å². The third-order valence-electron chi connectivity index (χ3n) is 0.938. The van der Waals surface area contributed by atoms with Gasteiger partial charge in [0, 0.05) is 15.2 Å².